The number of halogens is 1. The Morgan fingerprint density at radius 1 is 1.03 bits per heavy atom. The van der Waals surface area contributed by atoms with Crippen molar-refractivity contribution in [2.75, 3.05) is 26.2 Å². The van der Waals surface area contributed by atoms with Crippen molar-refractivity contribution in [3.8, 4) is 5.88 Å². The number of aromatic nitrogens is 2. The van der Waals surface area contributed by atoms with E-state index in [1.807, 2.05) is 36.4 Å². The second-order valence-electron chi connectivity index (χ2n) is 7.54. The summed E-state index contributed by atoms with van der Waals surface area (Å²) < 4.78 is 7.44. The van der Waals surface area contributed by atoms with Crippen molar-refractivity contribution in [2.45, 2.75) is 32.1 Å². The molecule has 1 aliphatic heterocycles. The number of fused-ring (bicyclic) bond motifs is 1. The summed E-state index contributed by atoms with van der Waals surface area (Å²) in [5.74, 6) is 0.440. The molecule has 0 aliphatic carbocycles. The van der Waals surface area contributed by atoms with Gasteiger partial charge in [0.1, 0.15) is 0 Å². The predicted octanol–water partition coefficient (Wildman–Crippen LogP) is 4.83. The molecule has 1 fully saturated rings. The monoisotopic (exact) mass is 411 g/mol. The van der Waals surface area contributed by atoms with Crippen molar-refractivity contribution in [1.29, 1.82) is 0 Å². The second-order valence-corrected chi connectivity index (χ2v) is 7.97. The Morgan fingerprint density at radius 3 is 2.59 bits per heavy atom. The molecule has 0 bridgehead atoms. The summed E-state index contributed by atoms with van der Waals surface area (Å²) in [6, 6.07) is 15.0. The van der Waals surface area contributed by atoms with Crippen molar-refractivity contribution in [1.82, 2.24) is 14.7 Å². The quantitative estimate of drug-likeness (QED) is 0.522. The molecule has 0 atom stereocenters. The molecule has 0 spiro atoms. The van der Waals surface area contributed by atoms with Gasteiger partial charge >= 0.3 is 0 Å². The van der Waals surface area contributed by atoms with Crippen LogP contribution in [0.3, 0.4) is 0 Å². The highest BCUT2D eigenvalue weighted by atomic mass is 35.5. The van der Waals surface area contributed by atoms with Gasteiger partial charge in [-0.25, -0.2) is 0 Å². The highest BCUT2D eigenvalue weighted by Crippen LogP contribution is 2.25. The van der Waals surface area contributed by atoms with Gasteiger partial charge in [-0.2, -0.15) is 4.68 Å². The van der Waals surface area contributed by atoms with Gasteiger partial charge in [0.2, 0.25) is 5.88 Å². The van der Waals surface area contributed by atoms with Gasteiger partial charge in [0, 0.05) is 11.6 Å². The molecule has 4 rings (SSSR count). The molecule has 0 unspecified atom stereocenters. The van der Waals surface area contributed by atoms with Gasteiger partial charge in [0.05, 0.1) is 23.9 Å². The number of hydrogen-bond acceptors (Lipinski definition) is 4. The van der Waals surface area contributed by atoms with E-state index in [0.29, 0.717) is 17.5 Å². The van der Waals surface area contributed by atoms with E-state index in [-0.39, 0.29) is 12.3 Å². The third kappa shape index (κ3) is 4.98. The lowest BCUT2D eigenvalue weighted by Gasteiger charge is -2.26. The Bertz CT molecular complexity index is 962. The summed E-state index contributed by atoms with van der Waals surface area (Å²) in [4.78, 5) is 15.4. The fourth-order valence-corrected chi connectivity index (χ4v) is 3.95. The summed E-state index contributed by atoms with van der Waals surface area (Å²) in [5.41, 5.74) is 1.68. The lowest BCUT2D eigenvalue weighted by Crippen LogP contribution is -2.31. The minimum absolute atomic E-state index is 0.0910. The Labute approximate surface area is 176 Å². The standard InChI is InChI=1S/C23H26ClN3O2/c24-19-11-9-18(10-12-19)17-22(28)27-21-8-3-2-7-20(21)23(25-27)29-16-6-15-26-13-4-1-5-14-26/h2-3,7-12H,1,4-6,13-17H2. The zero-order valence-corrected chi connectivity index (χ0v) is 17.3. The average Bonchev–Trinajstić information content (AvgIpc) is 3.13. The van der Waals surface area contributed by atoms with Gasteiger partial charge in [-0.1, -0.05) is 42.3 Å². The number of ether oxygens (including phenoxy) is 1. The first-order chi connectivity index (χ1) is 14.2. The van der Waals surface area contributed by atoms with Crippen LogP contribution in [0.2, 0.25) is 5.02 Å². The molecule has 152 valence electrons. The lowest BCUT2D eigenvalue weighted by atomic mass is 10.1. The lowest BCUT2D eigenvalue weighted by molar-refractivity contribution is 0.0901. The smallest absolute Gasteiger partial charge is 0.251 e. The Balaban J connectivity index is 1.43. The zero-order valence-electron chi connectivity index (χ0n) is 16.5. The van der Waals surface area contributed by atoms with E-state index < -0.39 is 0 Å². The Kier molecular flexibility index (Phi) is 6.47. The first kappa shape index (κ1) is 19.9. The summed E-state index contributed by atoms with van der Waals surface area (Å²) in [6.07, 6.45) is 5.16. The summed E-state index contributed by atoms with van der Waals surface area (Å²) in [6.45, 7) is 4.03. The Morgan fingerprint density at radius 2 is 1.79 bits per heavy atom. The highest BCUT2D eigenvalue weighted by Gasteiger charge is 2.17. The number of rotatable bonds is 7. The van der Waals surface area contributed by atoms with Gasteiger partial charge in [0.15, 0.2) is 0 Å². The number of carbonyl (C=O) groups excluding carboxylic acids is 1. The van der Waals surface area contributed by atoms with Gasteiger partial charge in [-0.3, -0.25) is 4.79 Å². The first-order valence-electron chi connectivity index (χ1n) is 10.3. The molecule has 0 N–H and O–H groups in total. The largest absolute Gasteiger partial charge is 0.476 e. The predicted molar refractivity (Wildman–Crippen MR) is 116 cm³/mol. The summed E-state index contributed by atoms with van der Waals surface area (Å²) >= 11 is 5.93. The molecule has 1 saturated heterocycles. The number of benzene rings is 2. The highest BCUT2D eigenvalue weighted by molar-refractivity contribution is 6.30. The summed E-state index contributed by atoms with van der Waals surface area (Å²) in [5, 5.41) is 6.02. The number of piperidine rings is 1. The molecular weight excluding hydrogens is 386 g/mol. The molecule has 1 aromatic heterocycles. The minimum Gasteiger partial charge on any atom is -0.476 e. The molecule has 1 aliphatic rings. The average molecular weight is 412 g/mol. The zero-order chi connectivity index (χ0) is 20.1. The van der Waals surface area contributed by atoms with Crippen molar-refractivity contribution in [3.05, 3.63) is 59.1 Å². The number of nitrogens with zero attached hydrogens (tertiary/aromatic N) is 3. The fourth-order valence-electron chi connectivity index (χ4n) is 3.83. The molecular formula is C23H26ClN3O2. The molecule has 0 radical (unpaired) electrons. The molecule has 5 nitrogen and oxygen atoms in total. The van der Waals surface area contributed by atoms with Crippen molar-refractivity contribution >= 4 is 28.4 Å². The van der Waals surface area contributed by atoms with E-state index in [2.05, 4.69) is 10.00 Å². The van der Waals surface area contributed by atoms with Gasteiger partial charge in [-0.05, 0) is 62.2 Å². The van der Waals surface area contributed by atoms with Crippen LogP contribution in [0.5, 0.6) is 5.88 Å². The van der Waals surface area contributed by atoms with Crippen LogP contribution in [0.25, 0.3) is 10.9 Å². The van der Waals surface area contributed by atoms with Crippen LogP contribution in [-0.4, -0.2) is 46.8 Å². The molecule has 0 saturated carbocycles. The second kappa shape index (κ2) is 9.42. The molecule has 2 aromatic carbocycles. The van der Waals surface area contributed by atoms with Crippen LogP contribution in [0.4, 0.5) is 0 Å². The van der Waals surface area contributed by atoms with Crippen LogP contribution >= 0.6 is 11.6 Å². The van der Waals surface area contributed by atoms with Crippen LogP contribution < -0.4 is 4.74 Å². The van der Waals surface area contributed by atoms with Gasteiger partial charge in [-0.15, -0.1) is 5.10 Å². The van der Waals surface area contributed by atoms with Crippen LogP contribution in [0.1, 0.15) is 36.0 Å². The summed E-state index contributed by atoms with van der Waals surface area (Å²) in [7, 11) is 0. The normalized spacial score (nSPS) is 14.9. The third-order valence-corrected chi connectivity index (χ3v) is 5.62. The maximum absolute atomic E-state index is 12.9. The maximum atomic E-state index is 12.9. The van der Waals surface area contributed by atoms with Crippen molar-refractivity contribution in [2.24, 2.45) is 0 Å². The van der Waals surface area contributed by atoms with Crippen LogP contribution in [0.15, 0.2) is 48.5 Å². The minimum atomic E-state index is -0.0910. The molecule has 2 heterocycles. The molecule has 0 amide bonds. The van der Waals surface area contributed by atoms with E-state index >= 15 is 0 Å². The van der Waals surface area contributed by atoms with E-state index in [1.165, 1.54) is 37.0 Å². The van der Waals surface area contributed by atoms with Crippen molar-refractivity contribution < 1.29 is 9.53 Å². The van der Waals surface area contributed by atoms with Crippen molar-refractivity contribution in [3.63, 3.8) is 0 Å². The third-order valence-electron chi connectivity index (χ3n) is 5.36. The first-order valence-corrected chi connectivity index (χ1v) is 10.7. The number of likely N-dealkylation sites (tertiary alicyclic amines) is 1. The van der Waals surface area contributed by atoms with E-state index in [1.54, 1.807) is 12.1 Å². The topological polar surface area (TPSA) is 47.4 Å². The number of carbonyl (C=O) groups is 1. The molecule has 6 heteroatoms. The van der Waals surface area contributed by atoms with E-state index in [9.17, 15) is 4.79 Å². The van der Waals surface area contributed by atoms with E-state index in [0.717, 1.165) is 29.4 Å². The fraction of sp³-hybridized carbons (Fsp3) is 0.391. The maximum Gasteiger partial charge on any atom is 0.251 e. The van der Waals surface area contributed by atoms with Crippen LogP contribution in [0, 0.1) is 0 Å². The van der Waals surface area contributed by atoms with Gasteiger partial charge < -0.3 is 9.64 Å². The van der Waals surface area contributed by atoms with E-state index in [4.69, 9.17) is 16.3 Å². The number of hydrogen-bond donors (Lipinski definition) is 0. The SMILES string of the molecule is O=C(Cc1ccc(Cl)cc1)n1nc(OCCCN2CCCCC2)c2ccccc21. The Hall–Kier alpha value is -2.37. The molecule has 29 heavy (non-hydrogen) atoms. The van der Waals surface area contributed by atoms with Crippen LogP contribution in [-0.2, 0) is 6.42 Å². The van der Waals surface area contributed by atoms with Gasteiger partial charge in [0.25, 0.3) is 5.91 Å². The number of para-hydroxylation sites is 1. The molecule has 3 aromatic rings.